The van der Waals surface area contributed by atoms with Crippen molar-refractivity contribution in [2.24, 2.45) is 5.92 Å². The highest BCUT2D eigenvalue weighted by molar-refractivity contribution is 7.89. The fourth-order valence-corrected chi connectivity index (χ4v) is 3.71. The molecule has 1 aromatic carbocycles. The van der Waals surface area contributed by atoms with Crippen molar-refractivity contribution in [3.8, 4) is 0 Å². The molecule has 1 aliphatic rings. The summed E-state index contributed by atoms with van der Waals surface area (Å²) in [6, 6.07) is 7.07. The first-order valence-corrected chi connectivity index (χ1v) is 9.01. The molecule has 1 atom stereocenters. The van der Waals surface area contributed by atoms with Gasteiger partial charge < -0.3 is 10.4 Å². The average molecular weight is 312 g/mol. The molecule has 3 N–H and O–H groups in total. The molecule has 0 radical (unpaired) electrons. The summed E-state index contributed by atoms with van der Waals surface area (Å²) in [5.74, 6) is 0.335. The highest BCUT2D eigenvalue weighted by Crippen LogP contribution is 2.26. The fourth-order valence-electron chi connectivity index (χ4n) is 2.22. The zero-order chi connectivity index (χ0) is 15.3. The van der Waals surface area contributed by atoms with Crippen LogP contribution in [-0.2, 0) is 10.0 Å². The van der Waals surface area contributed by atoms with E-state index >= 15 is 0 Å². The van der Waals surface area contributed by atoms with Crippen LogP contribution in [0.15, 0.2) is 29.2 Å². The van der Waals surface area contributed by atoms with Crippen LogP contribution in [0.2, 0.25) is 0 Å². The Morgan fingerprint density at radius 1 is 1.33 bits per heavy atom. The lowest BCUT2D eigenvalue weighted by Gasteiger charge is -2.17. The van der Waals surface area contributed by atoms with Gasteiger partial charge in [-0.25, -0.2) is 13.1 Å². The van der Waals surface area contributed by atoms with Gasteiger partial charge in [0.15, 0.2) is 0 Å². The zero-order valence-electron chi connectivity index (χ0n) is 12.4. The number of hydrogen-bond acceptors (Lipinski definition) is 4. The highest BCUT2D eigenvalue weighted by atomic mass is 32.2. The van der Waals surface area contributed by atoms with Gasteiger partial charge in [-0.05, 0) is 37.3 Å². The predicted octanol–water partition coefficient (Wildman–Crippen LogP) is 1.95. The summed E-state index contributed by atoms with van der Waals surface area (Å²) < 4.78 is 27.4. The van der Waals surface area contributed by atoms with Crippen LogP contribution < -0.4 is 10.0 Å². The van der Waals surface area contributed by atoms with Crippen LogP contribution in [0, 0.1) is 5.92 Å². The van der Waals surface area contributed by atoms with Crippen LogP contribution in [0.5, 0.6) is 0 Å². The van der Waals surface area contributed by atoms with E-state index in [9.17, 15) is 8.42 Å². The van der Waals surface area contributed by atoms with Gasteiger partial charge in [0, 0.05) is 19.2 Å². The van der Waals surface area contributed by atoms with Gasteiger partial charge in [-0.1, -0.05) is 25.5 Å². The number of para-hydroxylation sites is 1. The van der Waals surface area contributed by atoms with Crippen LogP contribution in [0.1, 0.15) is 32.6 Å². The molecule has 0 saturated heterocycles. The summed E-state index contributed by atoms with van der Waals surface area (Å²) in [4.78, 5) is 0.302. The van der Waals surface area contributed by atoms with E-state index in [-0.39, 0.29) is 12.6 Å². The van der Waals surface area contributed by atoms with Gasteiger partial charge in [0.1, 0.15) is 4.90 Å². The SMILES string of the molecule is CCC(CCO)CNc1ccccc1S(=O)(=O)NC1CC1. The maximum absolute atomic E-state index is 12.4. The van der Waals surface area contributed by atoms with Crippen LogP contribution in [0.3, 0.4) is 0 Å². The number of benzene rings is 1. The van der Waals surface area contributed by atoms with Crippen LogP contribution in [0.25, 0.3) is 0 Å². The van der Waals surface area contributed by atoms with Gasteiger partial charge in [0.2, 0.25) is 10.0 Å². The summed E-state index contributed by atoms with van der Waals surface area (Å²) in [6.07, 6.45) is 3.51. The Bertz CT molecular complexity index is 556. The second kappa shape index (κ2) is 7.24. The summed E-state index contributed by atoms with van der Waals surface area (Å²) in [5.41, 5.74) is 0.627. The molecular formula is C15H24N2O3S. The molecule has 5 nitrogen and oxygen atoms in total. The lowest BCUT2D eigenvalue weighted by Crippen LogP contribution is -2.27. The Morgan fingerprint density at radius 2 is 2.05 bits per heavy atom. The molecule has 1 unspecified atom stereocenters. The lowest BCUT2D eigenvalue weighted by molar-refractivity contribution is 0.258. The maximum Gasteiger partial charge on any atom is 0.242 e. The molecule has 6 heteroatoms. The second-order valence-corrected chi connectivity index (χ2v) is 7.24. The molecule has 0 aromatic heterocycles. The molecule has 0 aliphatic heterocycles. The van der Waals surface area contributed by atoms with Crippen molar-refractivity contribution in [3.63, 3.8) is 0 Å². The Labute approximate surface area is 126 Å². The van der Waals surface area contributed by atoms with E-state index in [0.29, 0.717) is 23.0 Å². The third-order valence-corrected chi connectivity index (χ3v) is 5.35. The van der Waals surface area contributed by atoms with Crippen molar-refractivity contribution in [2.45, 2.75) is 43.5 Å². The zero-order valence-corrected chi connectivity index (χ0v) is 13.2. The van der Waals surface area contributed by atoms with Crippen molar-refractivity contribution in [3.05, 3.63) is 24.3 Å². The number of sulfonamides is 1. The summed E-state index contributed by atoms with van der Waals surface area (Å²) in [7, 11) is -3.46. The van der Waals surface area contributed by atoms with E-state index in [2.05, 4.69) is 17.0 Å². The number of rotatable bonds is 9. The molecule has 0 heterocycles. The van der Waals surface area contributed by atoms with Crippen molar-refractivity contribution in [1.29, 1.82) is 0 Å². The maximum atomic E-state index is 12.4. The topological polar surface area (TPSA) is 78.4 Å². The van der Waals surface area contributed by atoms with E-state index in [1.165, 1.54) is 0 Å². The number of nitrogens with one attached hydrogen (secondary N) is 2. The third-order valence-electron chi connectivity index (χ3n) is 3.77. The molecule has 1 aromatic rings. The molecule has 1 fully saturated rings. The third kappa shape index (κ3) is 4.69. The number of hydrogen-bond donors (Lipinski definition) is 3. The summed E-state index contributed by atoms with van der Waals surface area (Å²) in [6.45, 7) is 2.88. The Kier molecular flexibility index (Phi) is 5.61. The molecule has 1 aliphatic carbocycles. The quantitative estimate of drug-likeness (QED) is 0.651. The van der Waals surface area contributed by atoms with Crippen molar-refractivity contribution >= 4 is 15.7 Å². The first kappa shape index (κ1) is 16.3. The largest absolute Gasteiger partial charge is 0.396 e. The van der Waals surface area contributed by atoms with Gasteiger partial charge in [0.25, 0.3) is 0 Å². The lowest BCUT2D eigenvalue weighted by atomic mass is 10.0. The van der Waals surface area contributed by atoms with E-state index < -0.39 is 10.0 Å². The first-order chi connectivity index (χ1) is 10.1. The van der Waals surface area contributed by atoms with Crippen LogP contribution in [-0.4, -0.2) is 32.7 Å². The van der Waals surface area contributed by atoms with Crippen molar-refractivity contribution in [1.82, 2.24) is 4.72 Å². The van der Waals surface area contributed by atoms with Crippen LogP contribution >= 0.6 is 0 Å². The number of anilines is 1. The molecule has 1 saturated carbocycles. The smallest absolute Gasteiger partial charge is 0.242 e. The predicted molar refractivity (Wildman–Crippen MR) is 83.8 cm³/mol. The van der Waals surface area contributed by atoms with E-state index in [1.807, 2.05) is 6.07 Å². The minimum Gasteiger partial charge on any atom is -0.396 e. The number of aliphatic hydroxyl groups is 1. The number of aliphatic hydroxyl groups excluding tert-OH is 1. The van der Waals surface area contributed by atoms with E-state index in [4.69, 9.17) is 5.11 Å². The highest BCUT2D eigenvalue weighted by Gasteiger charge is 2.29. The minimum absolute atomic E-state index is 0.0980. The molecule has 21 heavy (non-hydrogen) atoms. The monoisotopic (exact) mass is 312 g/mol. The molecule has 0 bridgehead atoms. The molecule has 2 rings (SSSR count). The molecule has 0 spiro atoms. The first-order valence-electron chi connectivity index (χ1n) is 7.53. The van der Waals surface area contributed by atoms with Gasteiger partial charge in [-0.15, -0.1) is 0 Å². The Morgan fingerprint density at radius 3 is 2.67 bits per heavy atom. The van der Waals surface area contributed by atoms with Crippen LogP contribution in [0.4, 0.5) is 5.69 Å². The van der Waals surface area contributed by atoms with Gasteiger partial charge >= 0.3 is 0 Å². The minimum atomic E-state index is -3.46. The van der Waals surface area contributed by atoms with Crippen molar-refractivity contribution < 1.29 is 13.5 Å². The Balaban J connectivity index is 2.09. The molecular weight excluding hydrogens is 288 g/mol. The van der Waals surface area contributed by atoms with Gasteiger partial charge in [-0.3, -0.25) is 0 Å². The van der Waals surface area contributed by atoms with Gasteiger partial charge in [0.05, 0.1) is 5.69 Å². The average Bonchev–Trinajstić information content (AvgIpc) is 3.27. The molecule has 118 valence electrons. The Hall–Kier alpha value is -1.11. The fraction of sp³-hybridized carbons (Fsp3) is 0.600. The molecule has 0 amide bonds. The normalized spacial score (nSPS) is 16.7. The van der Waals surface area contributed by atoms with E-state index in [0.717, 1.165) is 25.7 Å². The van der Waals surface area contributed by atoms with Gasteiger partial charge in [-0.2, -0.15) is 0 Å². The second-order valence-electron chi connectivity index (χ2n) is 5.56. The summed E-state index contributed by atoms with van der Waals surface area (Å²) >= 11 is 0. The van der Waals surface area contributed by atoms with Crippen molar-refractivity contribution in [2.75, 3.05) is 18.5 Å². The summed E-state index contributed by atoms with van der Waals surface area (Å²) in [5, 5.41) is 12.2. The van der Waals surface area contributed by atoms with E-state index in [1.54, 1.807) is 18.2 Å². The standard InChI is InChI=1S/C15H24N2O3S/c1-2-12(9-10-18)11-16-14-5-3-4-6-15(14)21(19,20)17-13-7-8-13/h3-6,12-13,16-18H,2,7-11H2,1H3.